The highest BCUT2D eigenvalue weighted by Gasteiger charge is 2.64. The fourth-order valence-electron chi connectivity index (χ4n) is 5.25. The Bertz CT molecular complexity index is 689. The van der Waals surface area contributed by atoms with Gasteiger partial charge in [0.1, 0.15) is 6.04 Å². The van der Waals surface area contributed by atoms with Crippen molar-refractivity contribution < 1.29 is 9.59 Å². The SMILES string of the molecule is CC(C)N1C(=O)C2(CCCCC2)C1C(=O)N1CCN(c2ccccc2)CC1. The van der Waals surface area contributed by atoms with Gasteiger partial charge in [-0.25, -0.2) is 0 Å². The first-order chi connectivity index (χ1) is 13.0. The number of amides is 2. The van der Waals surface area contributed by atoms with Crippen molar-refractivity contribution in [3.05, 3.63) is 30.3 Å². The highest BCUT2D eigenvalue weighted by Crippen LogP contribution is 2.51. The van der Waals surface area contributed by atoms with E-state index in [1.807, 2.05) is 29.7 Å². The van der Waals surface area contributed by atoms with Crippen LogP contribution in [0.3, 0.4) is 0 Å². The first-order valence-corrected chi connectivity index (χ1v) is 10.5. The third kappa shape index (κ3) is 3.01. The summed E-state index contributed by atoms with van der Waals surface area (Å²) in [6.45, 7) is 7.24. The molecule has 1 spiro atoms. The molecule has 0 aromatic heterocycles. The zero-order valence-electron chi connectivity index (χ0n) is 16.6. The largest absolute Gasteiger partial charge is 0.368 e. The van der Waals surface area contributed by atoms with Crippen molar-refractivity contribution >= 4 is 17.5 Å². The van der Waals surface area contributed by atoms with Crippen molar-refractivity contribution in [2.45, 2.75) is 58.0 Å². The van der Waals surface area contributed by atoms with Gasteiger partial charge >= 0.3 is 0 Å². The molecule has 0 bridgehead atoms. The molecule has 5 heteroatoms. The van der Waals surface area contributed by atoms with Gasteiger partial charge in [-0.3, -0.25) is 9.59 Å². The number of carbonyl (C=O) groups excluding carboxylic acids is 2. The van der Waals surface area contributed by atoms with Crippen molar-refractivity contribution in [3.8, 4) is 0 Å². The quantitative estimate of drug-likeness (QED) is 0.770. The molecule has 2 amide bonds. The number of para-hydroxylation sites is 1. The lowest BCUT2D eigenvalue weighted by Crippen LogP contribution is -2.76. The summed E-state index contributed by atoms with van der Waals surface area (Å²) in [5, 5.41) is 0. The molecular formula is C22H31N3O2. The van der Waals surface area contributed by atoms with Crippen molar-refractivity contribution in [3.63, 3.8) is 0 Å². The molecule has 1 aromatic rings. The summed E-state index contributed by atoms with van der Waals surface area (Å²) in [5.74, 6) is 0.399. The first-order valence-electron chi connectivity index (χ1n) is 10.5. The summed E-state index contributed by atoms with van der Waals surface area (Å²) in [4.78, 5) is 32.6. The van der Waals surface area contributed by atoms with Gasteiger partial charge in [-0.05, 0) is 38.8 Å². The standard InChI is InChI=1S/C22H31N3O2/c1-17(2)25-19(22(21(25)27)11-7-4-8-12-22)20(26)24-15-13-23(14-16-24)18-9-5-3-6-10-18/h3,5-6,9-10,17,19H,4,7-8,11-16H2,1-2H3. The van der Waals surface area contributed by atoms with Gasteiger partial charge in [-0.1, -0.05) is 37.5 Å². The lowest BCUT2D eigenvalue weighted by molar-refractivity contribution is -0.189. The van der Waals surface area contributed by atoms with E-state index in [9.17, 15) is 9.59 Å². The number of carbonyl (C=O) groups is 2. The van der Waals surface area contributed by atoms with Crippen LogP contribution in [0.4, 0.5) is 5.69 Å². The monoisotopic (exact) mass is 369 g/mol. The number of rotatable bonds is 3. The zero-order chi connectivity index (χ0) is 19.0. The van der Waals surface area contributed by atoms with Crippen LogP contribution in [0.1, 0.15) is 46.0 Å². The Labute approximate surface area is 162 Å². The van der Waals surface area contributed by atoms with Crippen molar-refractivity contribution in [1.29, 1.82) is 0 Å². The average molecular weight is 370 g/mol. The van der Waals surface area contributed by atoms with E-state index in [0.717, 1.165) is 51.9 Å². The molecule has 1 atom stereocenters. The summed E-state index contributed by atoms with van der Waals surface area (Å²) in [7, 11) is 0. The minimum absolute atomic E-state index is 0.0876. The topological polar surface area (TPSA) is 43.9 Å². The third-order valence-corrected chi connectivity index (χ3v) is 6.71. The zero-order valence-corrected chi connectivity index (χ0v) is 16.6. The van der Waals surface area contributed by atoms with E-state index >= 15 is 0 Å². The molecule has 2 aliphatic heterocycles. The van der Waals surface area contributed by atoms with Crippen molar-refractivity contribution in [2.75, 3.05) is 31.1 Å². The van der Waals surface area contributed by atoms with Crippen LogP contribution in [-0.4, -0.2) is 59.9 Å². The second-order valence-electron chi connectivity index (χ2n) is 8.57. The molecule has 0 radical (unpaired) electrons. The second-order valence-corrected chi connectivity index (χ2v) is 8.57. The molecule has 27 heavy (non-hydrogen) atoms. The normalized spacial score (nSPS) is 25.1. The van der Waals surface area contributed by atoms with Gasteiger partial charge in [-0.15, -0.1) is 0 Å². The number of nitrogens with zero attached hydrogens (tertiary/aromatic N) is 3. The fourth-order valence-corrected chi connectivity index (χ4v) is 5.25. The maximum Gasteiger partial charge on any atom is 0.246 e. The maximum absolute atomic E-state index is 13.5. The van der Waals surface area contributed by atoms with Gasteiger partial charge in [0.25, 0.3) is 0 Å². The van der Waals surface area contributed by atoms with Crippen LogP contribution in [0.15, 0.2) is 30.3 Å². The molecule has 1 aromatic carbocycles. The molecular weight excluding hydrogens is 338 g/mol. The minimum atomic E-state index is -0.407. The molecule has 0 N–H and O–H groups in total. The van der Waals surface area contributed by atoms with E-state index in [0.29, 0.717) is 0 Å². The Kier molecular flexibility index (Phi) is 4.87. The molecule has 1 aliphatic carbocycles. The minimum Gasteiger partial charge on any atom is -0.368 e. The summed E-state index contributed by atoms with van der Waals surface area (Å²) in [6, 6.07) is 10.2. The molecule has 3 fully saturated rings. The Morgan fingerprint density at radius 3 is 2.22 bits per heavy atom. The van der Waals surface area contributed by atoms with Gasteiger partial charge in [0.15, 0.2) is 0 Å². The Morgan fingerprint density at radius 2 is 1.63 bits per heavy atom. The van der Waals surface area contributed by atoms with E-state index in [2.05, 4.69) is 29.2 Å². The van der Waals surface area contributed by atoms with E-state index in [4.69, 9.17) is 0 Å². The van der Waals surface area contributed by atoms with Gasteiger partial charge in [0, 0.05) is 37.9 Å². The highest BCUT2D eigenvalue weighted by molar-refractivity contribution is 6.02. The predicted molar refractivity (Wildman–Crippen MR) is 107 cm³/mol. The number of piperazine rings is 1. The molecule has 1 saturated carbocycles. The smallest absolute Gasteiger partial charge is 0.246 e. The van der Waals surface area contributed by atoms with Crippen LogP contribution in [0, 0.1) is 5.41 Å². The highest BCUT2D eigenvalue weighted by atomic mass is 16.2. The van der Waals surface area contributed by atoms with Crippen LogP contribution in [0.5, 0.6) is 0 Å². The van der Waals surface area contributed by atoms with E-state index < -0.39 is 5.41 Å². The first kappa shape index (κ1) is 18.3. The van der Waals surface area contributed by atoms with Gasteiger partial charge < -0.3 is 14.7 Å². The number of anilines is 1. The fraction of sp³-hybridized carbons (Fsp3) is 0.636. The lowest BCUT2D eigenvalue weighted by Gasteiger charge is -2.59. The van der Waals surface area contributed by atoms with Crippen LogP contribution in [0.25, 0.3) is 0 Å². The van der Waals surface area contributed by atoms with E-state index in [1.165, 1.54) is 12.1 Å². The molecule has 2 heterocycles. The van der Waals surface area contributed by atoms with E-state index in [-0.39, 0.29) is 23.9 Å². The molecule has 2 saturated heterocycles. The van der Waals surface area contributed by atoms with Crippen LogP contribution < -0.4 is 4.90 Å². The maximum atomic E-state index is 13.5. The van der Waals surface area contributed by atoms with Crippen LogP contribution in [0.2, 0.25) is 0 Å². The molecule has 4 rings (SSSR count). The molecule has 3 aliphatic rings. The second kappa shape index (κ2) is 7.17. The lowest BCUT2D eigenvalue weighted by atomic mass is 9.61. The number of likely N-dealkylation sites (tertiary alicyclic amines) is 1. The van der Waals surface area contributed by atoms with Crippen LogP contribution >= 0.6 is 0 Å². The number of benzene rings is 1. The third-order valence-electron chi connectivity index (χ3n) is 6.71. The van der Waals surface area contributed by atoms with Gasteiger partial charge in [0.05, 0.1) is 5.41 Å². The molecule has 5 nitrogen and oxygen atoms in total. The Morgan fingerprint density at radius 1 is 1.00 bits per heavy atom. The summed E-state index contributed by atoms with van der Waals surface area (Å²) in [5.41, 5.74) is 0.812. The van der Waals surface area contributed by atoms with E-state index in [1.54, 1.807) is 0 Å². The molecule has 146 valence electrons. The van der Waals surface area contributed by atoms with Crippen LogP contribution in [-0.2, 0) is 9.59 Å². The number of β-lactam (4-membered cyclic amide) rings is 1. The predicted octanol–water partition coefficient (Wildman–Crippen LogP) is 2.90. The summed E-state index contributed by atoms with van der Waals surface area (Å²) >= 11 is 0. The summed E-state index contributed by atoms with van der Waals surface area (Å²) < 4.78 is 0. The number of hydrogen-bond acceptors (Lipinski definition) is 3. The van der Waals surface area contributed by atoms with Crippen molar-refractivity contribution in [2.24, 2.45) is 5.41 Å². The van der Waals surface area contributed by atoms with Gasteiger partial charge in [-0.2, -0.15) is 0 Å². The Hall–Kier alpha value is -2.04. The molecule has 1 unspecified atom stereocenters. The average Bonchev–Trinajstić information content (AvgIpc) is 2.72. The Balaban J connectivity index is 1.47. The summed E-state index contributed by atoms with van der Waals surface area (Å²) in [6.07, 6.45) is 5.10. The van der Waals surface area contributed by atoms with Crippen molar-refractivity contribution in [1.82, 2.24) is 9.80 Å². The number of hydrogen-bond donors (Lipinski definition) is 0. The van der Waals surface area contributed by atoms with Gasteiger partial charge in [0.2, 0.25) is 11.8 Å².